The number of amides is 1. The molecule has 1 aliphatic carbocycles. The summed E-state index contributed by atoms with van der Waals surface area (Å²) in [6, 6.07) is 5.99. The molecule has 0 heterocycles. The summed E-state index contributed by atoms with van der Waals surface area (Å²) >= 11 is 0. The molecule has 22 heavy (non-hydrogen) atoms. The lowest BCUT2D eigenvalue weighted by atomic mass is 10.3. The van der Waals surface area contributed by atoms with Gasteiger partial charge in [0.1, 0.15) is 0 Å². The summed E-state index contributed by atoms with van der Waals surface area (Å²) in [5.41, 5.74) is 0.585. The van der Waals surface area contributed by atoms with E-state index < -0.39 is 10.0 Å². The van der Waals surface area contributed by atoms with Gasteiger partial charge in [-0.05, 0) is 63.4 Å². The summed E-state index contributed by atoms with van der Waals surface area (Å²) in [5.74, 6) is 0.599. The molecule has 0 aromatic heterocycles. The first-order chi connectivity index (χ1) is 10.4. The van der Waals surface area contributed by atoms with Crippen LogP contribution in [0.4, 0.5) is 5.69 Å². The van der Waals surface area contributed by atoms with E-state index >= 15 is 0 Å². The summed E-state index contributed by atoms with van der Waals surface area (Å²) < 4.78 is 26.5. The fourth-order valence-corrected chi connectivity index (χ4v) is 3.26. The minimum atomic E-state index is -3.50. The smallest absolute Gasteiger partial charge is 0.240 e. The number of hydrogen-bond acceptors (Lipinski definition) is 4. The minimum absolute atomic E-state index is 0.128. The van der Waals surface area contributed by atoms with Crippen LogP contribution < -0.4 is 15.4 Å². The van der Waals surface area contributed by atoms with Crippen LogP contribution in [-0.4, -0.2) is 33.5 Å². The monoisotopic (exact) mass is 325 g/mol. The van der Waals surface area contributed by atoms with Crippen LogP contribution in [0.3, 0.4) is 0 Å². The fourth-order valence-electron chi connectivity index (χ4n) is 2.01. The maximum Gasteiger partial charge on any atom is 0.240 e. The molecule has 7 heteroatoms. The highest BCUT2D eigenvalue weighted by molar-refractivity contribution is 7.89. The van der Waals surface area contributed by atoms with Crippen LogP contribution >= 0.6 is 0 Å². The number of benzene rings is 1. The van der Waals surface area contributed by atoms with E-state index in [2.05, 4.69) is 15.4 Å². The third-order valence-corrected chi connectivity index (χ3v) is 4.93. The highest BCUT2D eigenvalue weighted by Gasteiger charge is 2.20. The van der Waals surface area contributed by atoms with Crippen molar-refractivity contribution in [2.45, 2.75) is 37.6 Å². The molecule has 2 rings (SSSR count). The van der Waals surface area contributed by atoms with Gasteiger partial charge in [0.05, 0.1) is 11.4 Å². The minimum Gasteiger partial charge on any atom is -0.325 e. The molecular weight excluding hydrogens is 302 g/mol. The molecule has 1 aromatic rings. The predicted octanol–water partition coefficient (Wildman–Crippen LogP) is 1.31. The van der Waals surface area contributed by atoms with Crippen molar-refractivity contribution < 1.29 is 13.2 Å². The average molecular weight is 325 g/mol. The zero-order chi connectivity index (χ0) is 16.2. The molecule has 3 N–H and O–H groups in total. The maximum absolute atomic E-state index is 12.0. The van der Waals surface area contributed by atoms with Gasteiger partial charge >= 0.3 is 0 Å². The number of hydrogen-bond donors (Lipinski definition) is 3. The van der Waals surface area contributed by atoms with E-state index in [-0.39, 0.29) is 23.4 Å². The molecule has 1 saturated carbocycles. The second kappa shape index (κ2) is 7.21. The average Bonchev–Trinajstić information content (AvgIpc) is 3.22. The van der Waals surface area contributed by atoms with Crippen molar-refractivity contribution in [2.75, 3.05) is 18.4 Å². The van der Waals surface area contributed by atoms with Crippen molar-refractivity contribution in [1.29, 1.82) is 0 Å². The van der Waals surface area contributed by atoms with Crippen LogP contribution in [0, 0.1) is 5.92 Å². The Bertz CT molecular complexity index is 607. The van der Waals surface area contributed by atoms with E-state index in [9.17, 15) is 13.2 Å². The first kappa shape index (κ1) is 16.9. The van der Waals surface area contributed by atoms with Crippen molar-refractivity contribution in [1.82, 2.24) is 10.0 Å². The second-order valence-electron chi connectivity index (χ2n) is 5.92. The second-order valence-corrected chi connectivity index (χ2v) is 7.64. The topological polar surface area (TPSA) is 87.3 Å². The van der Waals surface area contributed by atoms with E-state index in [1.165, 1.54) is 25.0 Å². The Morgan fingerprint density at radius 2 is 1.86 bits per heavy atom. The van der Waals surface area contributed by atoms with Gasteiger partial charge < -0.3 is 10.6 Å². The Morgan fingerprint density at radius 1 is 1.23 bits per heavy atom. The summed E-state index contributed by atoms with van der Waals surface area (Å²) in [7, 11) is -3.50. The van der Waals surface area contributed by atoms with E-state index in [1.54, 1.807) is 26.0 Å². The van der Waals surface area contributed by atoms with E-state index in [0.29, 0.717) is 5.69 Å². The van der Waals surface area contributed by atoms with Gasteiger partial charge in [0.25, 0.3) is 0 Å². The lowest BCUT2D eigenvalue weighted by Gasteiger charge is -2.10. The van der Waals surface area contributed by atoms with Crippen LogP contribution in [0.25, 0.3) is 0 Å². The molecule has 0 bridgehead atoms. The van der Waals surface area contributed by atoms with Crippen molar-refractivity contribution in [3.05, 3.63) is 24.3 Å². The van der Waals surface area contributed by atoms with Gasteiger partial charge in [-0.2, -0.15) is 0 Å². The number of carbonyl (C=O) groups excluding carboxylic acids is 1. The largest absolute Gasteiger partial charge is 0.325 e. The van der Waals surface area contributed by atoms with Gasteiger partial charge in [-0.3, -0.25) is 4.79 Å². The molecule has 122 valence electrons. The quantitative estimate of drug-likeness (QED) is 0.672. The first-order valence-electron chi connectivity index (χ1n) is 7.50. The first-order valence-corrected chi connectivity index (χ1v) is 8.98. The summed E-state index contributed by atoms with van der Waals surface area (Å²) in [6.07, 6.45) is 2.49. The van der Waals surface area contributed by atoms with E-state index in [4.69, 9.17) is 0 Å². The van der Waals surface area contributed by atoms with Gasteiger partial charge in [-0.25, -0.2) is 13.1 Å². The highest BCUT2D eigenvalue weighted by atomic mass is 32.2. The standard InChI is InChI=1S/C15H23N3O3S/c1-11(2)18-22(20,21)14-7-5-13(6-8-14)17-15(19)10-16-9-12-3-4-12/h5-8,11-12,16,18H,3-4,9-10H2,1-2H3,(H,17,19). The van der Waals surface area contributed by atoms with Crippen LogP contribution in [0.1, 0.15) is 26.7 Å². The normalized spacial score (nSPS) is 15.0. The molecule has 1 amide bonds. The Labute approximate surface area is 131 Å². The van der Waals surface area contributed by atoms with Gasteiger partial charge in [0.2, 0.25) is 15.9 Å². The molecule has 1 aromatic carbocycles. The number of anilines is 1. The summed E-state index contributed by atoms with van der Waals surface area (Å²) in [4.78, 5) is 11.9. The Morgan fingerprint density at radius 3 is 2.41 bits per heavy atom. The van der Waals surface area contributed by atoms with Crippen LogP contribution in [0.15, 0.2) is 29.2 Å². The lowest BCUT2D eigenvalue weighted by molar-refractivity contribution is -0.115. The molecule has 0 atom stereocenters. The number of rotatable bonds is 8. The number of carbonyl (C=O) groups is 1. The summed E-state index contributed by atoms with van der Waals surface area (Å²) in [6.45, 7) is 4.68. The molecule has 0 saturated heterocycles. The molecule has 0 radical (unpaired) electrons. The fraction of sp³-hybridized carbons (Fsp3) is 0.533. The molecular formula is C15H23N3O3S. The van der Waals surface area contributed by atoms with Crippen molar-refractivity contribution in [3.63, 3.8) is 0 Å². The van der Waals surface area contributed by atoms with Crippen LogP contribution in [0.5, 0.6) is 0 Å². The van der Waals surface area contributed by atoms with Crippen molar-refractivity contribution in [2.24, 2.45) is 5.92 Å². The van der Waals surface area contributed by atoms with Gasteiger partial charge in [0.15, 0.2) is 0 Å². The third-order valence-electron chi connectivity index (χ3n) is 3.25. The van der Waals surface area contributed by atoms with E-state index in [1.807, 2.05) is 0 Å². The molecule has 0 unspecified atom stereocenters. The number of nitrogens with one attached hydrogen (secondary N) is 3. The summed E-state index contributed by atoms with van der Waals surface area (Å²) in [5, 5.41) is 5.85. The lowest BCUT2D eigenvalue weighted by Crippen LogP contribution is -2.30. The zero-order valence-corrected chi connectivity index (χ0v) is 13.7. The predicted molar refractivity (Wildman–Crippen MR) is 86.1 cm³/mol. The molecule has 1 aliphatic rings. The Hall–Kier alpha value is -1.44. The Balaban J connectivity index is 1.86. The molecule has 6 nitrogen and oxygen atoms in total. The highest BCUT2D eigenvalue weighted by Crippen LogP contribution is 2.27. The van der Waals surface area contributed by atoms with Crippen LogP contribution in [0.2, 0.25) is 0 Å². The number of sulfonamides is 1. The van der Waals surface area contributed by atoms with E-state index in [0.717, 1.165) is 12.5 Å². The molecule has 0 spiro atoms. The molecule has 0 aliphatic heterocycles. The maximum atomic E-state index is 12.0. The molecule has 1 fully saturated rings. The third kappa shape index (κ3) is 5.40. The van der Waals surface area contributed by atoms with Crippen LogP contribution in [-0.2, 0) is 14.8 Å². The SMILES string of the molecule is CC(C)NS(=O)(=O)c1ccc(NC(=O)CNCC2CC2)cc1. The van der Waals surface area contributed by atoms with Crippen molar-refractivity contribution in [3.8, 4) is 0 Å². The van der Waals surface area contributed by atoms with Crippen molar-refractivity contribution >= 4 is 21.6 Å². The Kier molecular flexibility index (Phi) is 5.55. The van der Waals surface area contributed by atoms with Gasteiger partial charge in [0, 0.05) is 11.7 Å². The van der Waals surface area contributed by atoms with Gasteiger partial charge in [-0.15, -0.1) is 0 Å². The zero-order valence-electron chi connectivity index (χ0n) is 12.9. The van der Waals surface area contributed by atoms with Gasteiger partial charge in [-0.1, -0.05) is 0 Å².